The number of hydrogen-bond donors (Lipinski definition) is 2. The second-order valence-corrected chi connectivity index (χ2v) is 5.16. The van der Waals surface area contributed by atoms with Crippen molar-refractivity contribution in [2.75, 3.05) is 6.61 Å². The molecule has 100 valence electrons. The summed E-state index contributed by atoms with van der Waals surface area (Å²) >= 11 is 6.06. The number of benzene rings is 1. The van der Waals surface area contributed by atoms with Gasteiger partial charge in [0.25, 0.3) is 5.91 Å². The zero-order chi connectivity index (χ0) is 13.8. The minimum absolute atomic E-state index is 0.108. The summed E-state index contributed by atoms with van der Waals surface area (Å²) in [5.74, 6) is 5.78. The fourth-order valence-corrected chi connectivity index (χ4v) is 2.12. The Morgan fingerprint density at radius 1 is 1.58 bits per heavy atom. The predicted molar refractivity (Wildman–Crippen MR) is 75.1 cm³/mol. The third-order valence-electron chi connectivity index (χ3n) is 3.22. The summed E-state index contributed by atoms with van der Waals surface area (Å²) < 4.78 is 0. The van der Waals surface area contributed by atoms with Gasteiger partial charge < -0.3 is 10.4 Å². The first-order valence-electron chi connectivity index (χ1n) is 6.32. The van der Waals surface area contributed by atoms with E-state index < -0.39 is 0 Å². The number of rotatable bonds is 3. The smallest absolute Gasteiger partial charge is 0.251 e. The molecule has 3 nitrogen and oxygen atoms in total. The van der Waals surface area contributed by atoms with Gasteiger partial charge in [-0.15, -0.1) is 0 Å². The third-order valence-corrected chi connectivity index (χ3v) is 3.53. The predicted octanol–water partition coefficient (Wildman–Crippen LogP) is 2.21. The third kappa shape index (κ3) is 3.73. The lowest BCUT2D eigenvalue weighted by Gasteiger charge is -2.13. The van der Waals surface area contributed by atoms with Gasteiger partial charge in [-0.3, -0.25) is 4.79 Å². The Kier molecular flexibility index (Phi) is 4.47. The van der Waals surface area contributed by atoms with E-state index in [-0.39, 0.29) is 18.6 Å². The number of carbonyl (C=O) groups is 1. The van der Waals surface area contributed by atoms with Gasteiger partial charge >= 0.3 is 0 Å². The Balaban J connectivity index is 2.07. The van der Waals surface area contributed by atoms with Gasteiger partial charge in [0.15, 0.2) is 0 Å². The lowest BCUT2D eigenvalue weighted by Crippen LogP contribution is -2.33. The Labute approximate surface area is 118 Å². The van der Waals surface area contributed by atoms with Crippen LogP contribution in [-0.4, -0.2) is 23.7 Å². The maximum absolute atomic E-state index is 12.0. The van der Waals surface area contributed by atoms with Gasteiger partial charge in [0, 0.05) is 17.2 Å². The van der Waals surface area contributed by atoms with Gasteiger partial charge in [-0.2, -0.15) is 0 Å². The molecule has 0 bridgehead atoms. The van der Waals surface area contributed by atoms with Crippen molar-refractivity contribution in [3.63, 3.8) is 0 Å². The lowest BCUT2D eigenvalue weighted by atomic mass is 10.1. The molecule has 2 N–H and O–H groups in total. The number of aliphatic hydroxyl groups excluding tert-OH is 1. The van der Waals surface area contributed by atoms with E-state index in [0.29, 0.717) is 22.1 Å². The Hall–Kier alpha value is -1.50. The Morgan fingerprint density at radius 3 is 2.89 bits per heavy atom. The summed E-state index contributed by atoms with van der Waals surface area (Å²) in [6.45, 7) is 1.82. The fraction of sp³-hybridized carbons (Fsp3) is 0.400. The maximum atomic E-state index is 12.0. The molecule has 1 aliphatic carbocycles. The van der Waals surface area contributed by atoms with Crippen LogP contribution in [0.25, 0.3) is 0 Å². The van der Waals surface area contributed by atoms with E-state index in [9.17, 15) is 4.79 Å². The van der Waals surface area contributed by atoms with Gasteiger partial charge in [0.05, 0.1) is 5.02 Å². The number of hydrogen-bond acceptors (Lipinski definition) is 2. The average Bonchev–Trinajstić information content (AvgIpc) is 3.21. The van der Waals surface area contributed by atoms with E-state index in [1.54, 1.807) is 18.2 Å². The number of carbonyl (C=O) groups excluding carboxylic acids is 1. The van der Waals surface area contributed by atoms with Crippen molar-refractivity contribution in [3.05, 3.63) is 34.3 Å². The molecule has 1 atom stereocenters. The second kappa shape index (κ2) is 6.10. The molecule has 1 saturated carbocycles. The van der Waals surface area contributed by atoms with Crippen molar-refractivity contribution >= 4 is 17.5 Å². The number of amides is 1. The van der Waals surface area contributed by atoms with Crippen molar-refractivity contribution < 1.29 is 9.90 Å². The summed E-state index contributed by atoms with van der Waals surface area (Å²) in [6, 6.07) is 5.21. The number of aliphatic hydroxyl groups is 1. The molecule has 1 aromatic carbocycles. The van der Waals surface area contributed by atoms with Crippen LogP contribution in [0.1, 0.15) is 35.7 Å². The van der Waals surface area contributed by atoms with E-state index in [1.807, 2.05) is 6.92 Å². The summed E-state index contributed by atoms with van der Waals surface area (Å²) in [4.78, 5) is 12.0. The molecule has 0 aliphatic heterocycles. The molecular weight excluding hydrogens is 262 g/mol. The SMILES string of the molecule is CC(NC(=O)c1ccc(C#CCO)c(Cl)c1)C1CC1. The van der Waals surface area contributed by atoms with Crippen LogP contribution in [0.3, 0.4) is 0 Å². The van der Waals surface area contributed by atoms with Crippen molar-refractivity contribution in [1.82, 2.24) is 5.32 Å². The number of nitrogens with one attached hydrogen (secondary N) is 1. The highest BCUT2D eigenvalue weighted by Gasteiger charge is 2.29. The quantitative estimate of drug-likeness (QED) is 0.833. The molecule has 1 amide bonds. The second-order valence-electron chi connectivity index (χ2n) is 4.75. The van der Waals surface area contributed by atoms with E-state index >= 15 is 0 Å². The van der Waals surface area contributed by atoms with Crippen LogP contribution in [0, 0.1) is 17.8 Å². The molecule has 0 radical (unpaired) electrons. The molecular formula is C15H16ClNO2. The fourth-order valence-electron chi connectivity index (χ4n) is 1.90. The normalized spacial score (nSPS) is 15.3. The first kappa shape index (κ1) is 13.9. The van der Waals surface area contributed by atoms with Crippen LogP contribution in [0.4, 0.5) is 0 Å². The van der Waals surface area contributed by atoms with Crippen molar-refractivity contribution in [3.8, 4) is 11.8 Å². The minimum atomic E-state index is -0.211. The van der Waals surface area contributed by atoms with E-state index in [0.717, 1.165) is 0 Å². The minimum Gasteiger partial charge on any atom is -0.384 e. The first-order valence-corrected chi connectivity index (χ1v) is 6.69. The zero-order valence-electron chi connectivity index (χ0n) is 10.7. The molecule has 0 saturated heterocycles. The molecule has 1 unspecified atom stereocenters. The van der Waals surface area contributed by atoms with Gasteiger partial charge in [-0.25, -0.2) is 0 Å². The molecule has 0 spiro atoms. The molecule has 1 aliphatic rings. The van der Waals surface area contributed by atoms with E-state index in [1.165, 1.54) is 12.8 Å². The standard InChI is InChI=1S/C15H16ClNO2/c1-10(11-4-5-11)17-15(19)13-7-6-12(3-2-8-18)14(16)9-13/h6-7,9-11,18H,4-5,8H2,1H3,(H,17,19). The van der Waals surface area contributed by atoms with Gasteiger partial charge in [-0.05, 0) is 43.9 Å². The molecule has 0 heterocycles. The molecule has 2 rings (SSSR count). The van der Waals surface area contributed by atoms with Crippen LogP contribution in [0.5, 0.6) is 0 Å². The summed E-state index contributed by atoms with van der Waals surface area (Å²) in [5.41, 5.74) is 1.15. The Bertz CT molecular complexity index is 541. The van der Waals surface area contributed by atoms with Crippen molar-refractivity contribution in [2.24, 2.45) is 5.92 Å². The molecule has 19 heavy (non-hydrogen) atoms. The van der Waals surface area contributed by atoms with E-state index in [4.69, 9.17) is 16.7 Å². The molecule has 0 aromatic heterocycles. The summed E-state index contributed by atoms with van der Waals surface area (Å²) in [6.07, 6.45) is 2.38. The zero-order valence-corrected chi connectivity index (χ0v) is 11.5. The lowest BCUT2D eigenvalue weighted by molar-refractivity contribution is 0.0936. The first-order chi connectivity index (χ1) is 9.11. The number of halogens is 1. The van der Waals surface area contributed by atoms with Crippen LogP contribution in [0.15, 0.2) is 18.2 Å². The van der Waals surface area contributed by atoms with Crippen LogP contribution < -0.4 is 5.32 Å². The monoisotopic (exact) mass is 277 g/mol. The highest BCUT2D eigenvalue weighted by Crippen LogP contribution is 2.32. The van der Waals surface area contributed by atoms with Crippen molar-refractivity contribution in [1.29, 1.82) is 0 Å². The van der Waals surface area contributed by atoms with Gasteiger partial charge in [-0.1, -0.05) is 23.4 Å². The average molecular weight is 278 g/mol. The highest BCUT2D eigenvalue weighted by atomic mass is 35.5. The highest BCUT2D eigenvalue weighted by molar-refractivity contribution is 6.32. The van der Waals surface area contributed by atoms with E-state index in [2.05, 4.69) is 17.2 Å². The summed E-state index contributed by atoms with van der Waals surface area (Å²) in [5, 5.41) is 12.0. The van der Waals surface area contributed by atoms with Crippen LogP contribution in [0.2, 0.25) is 5.02 Å². The largest absolute Gasteiger partial charge is 0.384 e. The molecule has 1 aromatic rings. The Morgan fingerprint density at radius 2 is 2.32 bits per heavy atom. The molecule has 1 fully saturated rings. The van der Waals surface area contributed by atoms with Gasteiger partial charge in [0.1, 0.15) is 6.61 Å². The van der Waals surface area contributed by atoms with Gasteiger partial charge in [0.2, 0.25) is 0 Å². The van der Waals surface area contributed by atoms with Crippen LogP contribution in [-0.2, 0) is 0 Å². The topological polar surface area (TPSA) is 49.3 Å². The molecule has 4 heteroatoms. The maximum Gasteiger partial charge on any atom is 0.251 e. The van der Waals surface area contributed by atoms with Crippen LogP contribution >= 0.6 is 11.6 Å². The van der Waals surface area contributed by atoms with Crippen molar-refractivity contribution in [2.45, 2.75) is 25.8 Å². The summed E-state index contributed by atoms with van der Waals surface area (Å²) in [7, 11) is 0.